The molecular formula is C4H6S. The van der Waals surface area contributed by atoms with Crippen molar-refractivity contribution in [1.82, 2.24) is 0 Å². The van der Waals surface area contributed by atoms with Gasteiger partial charge in [0.2, 0.25) is 0 Å². The predicted molar refractivity (Wildman–Crippen MR) is 27.2 cm³/mol. The van der Waals surface area contributed by atoms with Crippen molar-refractivity contribution in [2.75, 3.05) is 11.5 Å². The zero-order valence-electron chi connectivity index (χ0n) is 2.98. The van der Waals surface area contributed by atoms with Crippen molar-refractivity contribution in [2.45, 2.75) is 0 Å². The maximum absolute atomic E-state index is 4.00. The minimum atomic E-state index is 1.42. The molecule has 1 aliphatic heterocycles. The Bertz CT molecular complexity index is 25.1. The summed E-state index contributed by atoms with van der Waals surface area (Å²) in [6, 6.07) is 0. The van der Waals surface area contributed by atoms with E-state index in [0.717, 1.165) is 0 Å². The van der Waals surface area contributed by atoms with Crippen molar-refractivity contribution in [2.24, 2.45) is 0 Å². The van der Waals surface area contributed by atoms with Crippen LogP contribution in [0.3, 0.4) is 0 Å². The first-order valence-corrected chi connectivity index (χ1v) is 2.57. The van der Waals surface area contributed by atoms with Crippen molar-refractivity contribution < 1.29 is 0 Å². The monoisotopic (exact) mass is 86.0 g/mol. The van der Waals surface area contributed by atoms with E-state index in [4.69, 9.17) is 0 Å². The van der Waals surface area contributed by atoms with Crippen LogP contribution in [0.2, 0.25) is 0 Å². The number of terminal acetylenes is 1. The predicted octanol–water partition coefficient (Wildman–Crippen LogP) is 0.983. The third-order valence-corrected chi connectivity index (χ3v) is 0.612. The molecule has 1 aliphatic rings. The van der Waals surface area contributed by atoms with Gasteiger partial charge in [0.1, 0.15) is 0 Å². The molecule has 0 radical (unpaired) electrons. The van der Waals surface area contributed by atoms with Gasteiger partial charge in [0.05, 0.1) is 0 Å². The van der Waals surface area contributed by atoms with Gasteiger partial charge in [-0.25, -0.2) is 0 Å². The van der Waals surface area contributed by atoms with Crippen LogP contribution >= 0.6 is 11.8 Å². The Labute approximate surface area is 37.0 Å². The van der Waals surface area contributed by atoms with Crippen LogP contribution in [0.15, 0.2) is 0 Å². The summed E-state index contributed by atoms with van der Waals surface area (Å²) in [6.07, 6.45) is 8.00. The molecule has 0 atom stereocenters. The maximum atomic E-state index is 4.00. The van der Waals surface area contributed by atoms with Crippen LogP contribution in [0, 0.1) is 12.8 Å². The first-order chi connectivity index (χ1) is 2.50. The van der Waals surface area contributed by atoms with E-state index >= 15 is 0 Å². The van der Waals surface area contributed by atoms with Gasteiger partial charge in [0.25, 0.3) is 0 Å². The summed E-state index contributed by atoms with van der Waals surface area (Å²) in [5.41, 5.74) is 0. The Morgan fingerprint density at radius 1 is 1.20 bits per heavy atom. The van der Waals surface area contributed by atoms with Crippen LogP contribution in [0.1, 0.15) is 0 Å². The first kappa shape index (κ1) is 4.91. The molecule has 28 valence electrons. The van der Waals surface area contributed by atoms with E-state index < -0.39 is 0 Å². The molecule has 1 heteroatoms. The molecule has 0 aromatic heterocycles. The number of rotatable bonds is 0. The second kappa shape index (κ2) is 3.91. The Hall–Kier alpha value is -0.0900. The summed E-state index contributed by atoms with van der Waals surface area (Å²) in [5, 5.41) is 0. The summed E-state index contributed by atoms with van der Waals surface area (Å²) in [6.45, 7) is 0. The molecule has 0 aromatic carbocycles. The van der Waals surface area contributed by atoms with Gasteiger partial charge in [0.15, 0.2) is 0 Å². The molecule has 0 aliphatic carbocycles. The summed E-state index contributed by atoms with van der Waals surface area (Å²) in [4.78, 5) is 0. The fraction of sp³-hybridized carbons (Fsp3) is 0.500. The highest BCUT2D eigenvalue weighted by Crippen LogP contribution is 2.14. The molecule has 1 saturated heterocycles. The lowest BCUT2D eigenvalue weighted by atomic mass is 11.0. The Morgan fingerprint density at radius 2 is 1.40 bits per heavy atom. The Morgan fingerprint density at radius 3 is 1.40 bits per heavy atom. The molecule has 0 saturated carbocycles. The Balaban J connectivity index is 0.0000000733. The fourth-order valence-electron chi connectivity index (χ4n) is 0. The minimum Gasteiger partial charge on any atom is -0.160 e. The van der Waals surface area contributed by atoms with Crippen molar-refractivity contribution in [1.29, 1.82) is 0 Å². The molecule has 0 nitrogen and oxygen atoms in total. The normalized spacial score (nSPS) is 14.8. The van der Waals surface area contributed by atoms with Gasteiger partial charge in [-0.05, 0) is 0 Å². The highest BCUT2D eigenvalue weighted by atomic mass is 32.2. The van der Waals surface area contributed by atoms with Gasteiger partial charge < -0.3 is 0 Å². The van der Waals surface area contributed by atoms with Gasteiger partial charge in [0, 0.05) is 11.5 Å². The highest BCUT2D eigenvalue weighted by Gasteiger charge is 1.95. The highest BCUT2D eigenvalue weighted by molar-refractivity contribution is 8.06. The number of hydrogen-bond donors (Lipinski definition) is 0. The van der Waals surface area contributed by atoms with Crippen LogP contribution in [0.25, 0.3) is 0 Å². The van der Waals surface area contributed by atoms with Crippen LogP contribution in [-0.2, 0) is 0 Å². The third-order valence-electron chi connectivity index (χ3n) is 0.204. The topological polar surface area (TPSA) is 0 Å². The lowest BCUT2D eigenvalue weighted by Gasteiger charge is -1.11. The molecule has 5 heavy (non-hydrogen) atoms. The van der Waals surface area contributed by atoms with E-state index in [1.54, 1.807) is 0 Å². The molecule has 0 N–H and O–H groups in total. The van der Waals surface area contributed by atoms with Crippen LogP contribution in [-0.4, -0.2) is 11.5 Å². The zero-order chi connectivity index (χ0) is 4.12. The molecule has 0 amide bonds. The van der Waals surface area contributed by atoms with Gasteiger partial charge in [-0.1, -0.05) is 0 Å². The first-order valence-electron chi connectivity index (χ1n) is 1.41. The van der Waals surface area contributed by atoms with Crippen molar-refractivity contribution in [3.05, 3.63) is 0 Å². The van der Waals surface area contributed by atoms with Crippen molar-refractivity contribution >= 4 is 11.8 Å². The van der Waals surface area contributed by atoms with Crippen LogP contribution in [0.4, 0.5) is 0 Å². The van der Waals surface area contributed by atoms with Crippen LogP contribution < -0.4 is 0 Å². The van der Waals surface area contributed by atoms with E-state index in [2.05, 4.69) is 12.8 Å². The largest absolute Gasteiger partial charge is 0.160 e. The number of thioether (sulfide) groups is 1. The number of hydrogen-bond acceptors (Lipinski definition) is 1. The maximum Gasteiger partial charge on any atom is 0.00238 e. The molecule has 1 rings (SSSR count). The molecule has 0 aromatic rings. The van der Waals surface area contributed by atoms with E-state index in [0.29, 0.717) is 0 Å². The zero-order valence-corrected chi connectivity index (χ0v) is 3.79. The Kier molecular flexibility index (Phi) is 3.84. The molecule has 1 heterocycles. The average Bonchev–Trinajstić information content (AvgIpc) is 2.19. The van der Waals surface area contributed by atoms with Gasteiger partial charge in [-0.2, -0.15) is 11.8 Å². The second-order valence-corrected chi connectivity index (χ2v) is 1.84. The van der Waals surface area contributed by atoms with Crippen molar-refractivity contribution in [3.63, 3.8) is 0 Å². The lowest BCUT2D eigenvalue weighted by Crippen LogP contribution is -1.20. The van der Waals surface area contributed by atoms with Crippen LogP contribution in [0.5, 0.6) is 0 Å². The van der Waals surface area contributed by atoms with E-state index in [-0.39, 0.29) is 0 Å². The van der Waals surface area contributed by atoms with E-state index in [1.165, 1.54) is 11.5 Å². The SMILES string of the molecule is C#C.C1CS1. The second-order valence-electron chi connectivity index (χ2n) is 0.612. The average molecular weight is 86.2 g/mol. The molecule has 0 spiro atoms. The quantitative estimate of drug-likeness (QED) is 0.313. The third kappa shape index (κ3) is 17.2. The van der Waals surface area contributed by atoms with E-state index in [9.17, 15) is 0 Å². The molecule has 1 fully saturated rings. The summed E-state index contributed by atoms with van der Waals surface area (Å²) in [7, 11) is 0. The van der Waals surface area contributed by atoms with Gasteiger partial charge >= 0.3 is 0 Å². The molecule has 0 unspecified atom stereocenters. The molecule has 0 bridgehead atoms. The lowest BCUT2D eigenvalue weighted by molar-refractivity contribution is 1.75. The summed E-state index contributed by atoms with van der Waals surface area (Å²) < 4.78 is 0. The summed E-state index contributed by atoms with van der Waals surface area (Å²) in [5.74, 6) is 2.83. The standard InChI is InChI=1S/C2H4S.C2H2/c1-2-3-1;1-2/h1-2H2;1-2H. The van der Waals surface area contributed by atoms with E-state index in [1.807, 2.05) is 11.8 Å². The minimum absolute atomic E-state index is 1.42. The van der Waals surface area contributed by atoms with Gasteiger partial charge in [-0.15, -0.1) is 12.8 Å². The van der Waals surface area contributed by atoms with Gasteiger partial charge in [-0.3, -0.25) is 0 Å². The fourth-order valence-corrected chi connectivity index (χ4v) is 0. The summed E-state index contributed by atoms with van der Waals surface area (Å²) >= 11 is 2.00. The smallest absolute Gasteiger partial charge is 0.00238 e. The van der Waals surface area contributed by atoms with Crippen molar-refractivity contribution in [3.8, 4) is 12.8 Å². The molecular weight excluding hydrogens is 80.1 g/mol.